The summed E-state index contributed by atoms with van der Waals surface area (Å²) in [4.78, 5) is 21.0. The van der Waals surface area contributed by atoms with Gasteiger partial charge in [-0.2, -0.15) is 0 Å². The molecule has 0 aromatic carbocycles. The molecule has 0 aromatic heterocycles. The van der Waals surface area contributed by atoms with Crippen LogP contribution in [0, 0.1) is 0 Å². The molecular formula is C12H24O12. The van der Waals surface area contributed by atoms with Crippen LogP contribution in [-0.4, -0.2) is 126 Å². The maximum atomic E-state index is 10.5. The number of hydrogen-bond acceptors (Lipinski definition) is 12. The van der Waals surface area contributed by atoms with Gasteiger partial charge in [0, 0.05) is 0 Å². The lowest BCUT2D eigenvalue weighted by Gasteiger charge is -2.19. The van der Waals surface area contributed by atoms with E-state index in [0.717, 1.165) is 0 Å². The average Bonchev–Trinajstić information content (AvgIpc) is 2.62. The monoisotopic (exact) mass is 360 g/mol. The molecule has 0 fully saturated rings. The largest absolute Gasteiger partial charge is 0.394 e. The third-order valence-corrected chi connectivity index (χ3v) is 2.78. The van der Waals surface area contributed by atoms with Crippen molar-refractivity contribution >= 4 is 11.6 Å². The molecule has 12 nitrogen and oxygen atoms in total. The van der Waals surface area contributed by atoms with Gasteiger partial charge in [-0.3, -0.25) is 9.59 Å². The maximum absolute atomic E-state index is 10.5. The van der Waals surface area contributed by atoms with Gasteiger partial charge in [0.1, 0.15) is 49.8 Å². The predicted octanol–water partition coefficient (Wildman–Crippen LogP) is -6.75. The molecule has 0 amide bonds. The van der Waals surface area contributed by atoms with Crippen molar-refractivity contribution in [2.24, 2.45) is 0 Å². The number of carbonyl (C=O) groups excluding carboxylic acids is 2. The molecule has 0 aliphatic heterocycles. The summed E-state index contributed by atoms with van der Waals surface area (Å²) in [5, 5.41) is 86.1. The molecule has 0 saturated heterocycles. The van der Waals surface area contributed by atoms with E-state index in [-0.39, 0.29) is 0 Å². The Balaban J connectivity index is 0. The molecule has 0 spiro atoms. The summed E-state index contributed by atoms with van der Waals surface area (Å²) in [5.41, 5.74) is 0. The Morgan fingerprint density at radius 2 is 0.833 bits per heavy atom. The van der Waals surface area contributed by atoms with Gasteiger partial charge in [0.05, 0.1) is 13.2 Å². The van der Waals surface area contributed by atoms with Crippen LogP contribution in [0.5, 0.6) is 0 Å². The summed E-state index contributed by atoms with van der Waals surface area (Å²) in [5.74, 6) is -2.01. The Labute approximate surface area is 136 Å². The highest BCUT2D eigenvalue weighted by atomic mass is 16.4. The third-order valence-electron chi connectivity index (χ3n) is 2.78. The molecular weight excluding hydrogens is 336 g/mol. The Morgan fingerprint density at radius 1 is 0.583 bits per heavy atom. The molecule has 0 unspecified atom stereocenters. The van der Waals surface area contributed by atoms with Crippen LogP contribution in [0.3, 0.4) is 0 Å². The van der Waals surface area contributed by atoms with Gasteiger partial charge < -0.3 is 51.1 Å². The van der Waals surface area contributed by atoms with Gasteiger partial charge >= 0.3 is 0 Å². The first-order chi connectivity index (χ1) is 11.1. The van der Waals surface area contributed by atoms with Crippen molar-refractivity contribution in [3.63, 3.8) is 0 Å². The highest BCUT2D eigenvalue weighted by Crippen LogP contribution is 2.01. The first-order valence-corrected chi connectivity index (χ1v) is 6.66. The normalized spacial score (nSPS) is 18.4. The van der Waals surface area contributed by atoms with Crippen molar-refractivity contribution < 1.29 is 60.7 Å². The molecule has 0 aliphatic rings. The molecule has 10 N–H and O–H groups in total. The number of rotatable bonds is 10. The summed E-state index contributed by atoms with van der Waals surface area (Å²) >= 11 is 0. The van der Waals surface area contributed by atoms with Crippen molar-refractivity contribution in [2.75, 3.05) is 26.4 Å². The van der Waals surface area contributed by atoms with Crippen molar-refractivity contribution in [3.05, 3.63) is 0 Å². The zero-order valence-electron chi connectivity index (χ0n) is 12.6. The Bertz CT molecular complexity index is 328. The summed E-state index contributed by atoms with van der Waals surface area (Å²) in [6, 6.07) is 0. The fourth-order valence-electron chi connectivity index (χ4n) is 1.20. The van der Waals surface area contributed by atoms with Crippen LogP contribution in [-0.2, 0) is 9.59 Å². The molecule has 0 radical (unpaired) electrons. The highest BCUT2D eigenvalue weighted by molar-refractivity contribution is 5.84. The van der Waals surface area contributed by atoms with Crippen LogP contribution in [0.2, 0.25) is 0 Å². The van der Waals surface area contributed by atoms with Crippen LogP contribution in [0.15, 0.2) is 0 Å². The molecule has 0 bridgehead atoms. The zero-order valence-corrected chi connectivity index (χ0v) is 12.6. The molecule has 0 rings (SSSR count). The lowest BCUT2D eigenvalue weighted by atomic mass is 10.1. The smallest absolute Gasteiger partial charge is 0.189 e. The van der Waals surface area contributed by atoms with Gasteiger partial charge in [-0.05, 0) is 0 Å². The predicted molar refractivity (Wildman–Crippen MR) is 74.4 cm³/mol. The molecule has 0 aliphatic carbocycles. The molecule has 0 saturated carbocycles. The van der Waals surface area contributed by atoms with E-state index in [1.54, 1.807) is 0 Å². The van der Waals surface area contributed by atoms with E-state index >= 15 is 0 Å². The van der Waals surface area contributed by atoms with E-state index in [1.807, 2.05) is 0 Å². The number of carbonyl (C=O) groups is 2. The lowest BCUT2D eigenvalue weighted by molar-refractivity contribution is -0.143. The Hall–Kier alpha value is -1.06. The highest BCUT2D eigenvalue weighted by Gasteiger charge is 2.29. The molecule has 0 aromatic rings. The van der Waals surface area contributed by atoms with Gasteiger partial charge in [0.2, 0.25) is 0 Å². The van der Waals surface area contributed by atoms with Crippen LogP contribution in [0.1, 0.15) is 0 Å². The summed E-state index contributed by atoms with van der Waals surface area (Å²) in [7, 11) is 0. The summed E-state index contributed by atoms with van der Waals surface area (Å²) in [6.45, 7) is -3.37. The van der Waals surface area contributed by atoms with E-state index in [4.69, 9.17) is 51.1 Å². The second-order valence-electron chi connectivity index (χ2n) is 4.62. The second-order valence-corrected chi connectivity index (χ2v) is 4.62. The van der Waals surface area contributed by atoms with E-state index < -0.39 is 74.6 Å². The fourth-order valence-corrected chi connectivity index (χ4v) is 1.20. The number of ketones is 2. The van der Waals surface area contributed by atoms with Crippen molar-refractivity contribution in [1.82, 2.24) is 0 Å². The quantitative estimate of drug-likeness (QED) is 0.175. The SMILES string of the molecule is O=C(CO)[C@@H](O)[C@H](O)[C@H](O)CO.O=C(CO)[C@H](O)[C@@H](O)[C@@H](O)CO. The number of hydrogen-bond donors (Lipinski definition) is 10. The number of aliphatic hydroxyl groups excluding tert-OH is 10. The number of Topliss-reactive ketones (excluding diaryl/α,β-unsaturated/α-hetero) is 2. The van der Waals surface area contributed by atoms with Gasteiger partial charge in [-0.15, -0.1) is 0 Å². The molecule has 0 heterocycles. The zero-order chi connectivity index (χ0) is 19.4. The first-order valence-electron chi connectivity index (χ1n) is 6.66. The molecule has 6 atom stereocenters. The minimum atomic E-state index is -1.86. The van der Waals surface area contributed by atoms with Crippen LogP contribution in [0.25, 0.3) is 0 Å². The number of aliphatic hydroxyl groups is 10. The summed E-state index contributed by atoms with van der Waals surface area (Å²) in [6.07, 6.45) is -10.4. The van der Waals surface area contributed by atoms with Crippen molar-refractivity contribution in [2.45, 2.75) is 36.6 Å². The molecule has 12 heteroatoms. The standard InChI is InChI=1S/2C6H12O6/c2*7-1-3(9)5(11)6(12)4(10)2-8/h2*3,5-9,11-12H,1-2H2/t2*3-,5-,6-/m10/s1. The van der Waals surface area contributed by atoms with Gasteiger partial charge in [0.25, 0.3) is 0 Å². The second kappa shape index (κ2) is 13.3. The van der Waals surface area contributed by atoms with E-state index in [0.29, 0.717) is 0 Å². The van der Waals surface area contributed by atoms with Crippen LogP contribution < -0.4 is 0 Å². The Morgan fingerprint density at radius 3 is 1.00 bits per heavy atom. The Kier molecular flexibility index (Phi) is 13.9. The first kappa shape index (κ1) is 25.2. The average molecular weight is 360 g/mol. The van der Waals surface area contributed by atoms with Crippen molar-refractivity contribution in [3.8, 4) is 0 Å². The van der Waals surface area contributed by atoms with Gasteiger partial charge in [0.15, 0.2) is 11.6 Å². The molecule has 24 heavy (non-hydrogen) atoms. The summed E-state index contributed by atoms with van der Waals surface area (Å²) < 4.78 is 0. The van der Waals surface area contributed by atoms with Gasteiger partial charge in [-0.1, -0.05) is 0 Å². The third kappa shape index (κ3) is 8.70. The topological polar surface area (TPSA) is 236 Å². The van der Waals surface area contributed by atoms with Crippen LogP contribution >= 0.6 is 0 Å². The fraction of sp³-hybridized carbons (Fsp3) is 0.833. The minimum absolute atomic E-state index is 0.767. The van der Waals surface area contributed by atoms with Crippen LogP contribution in [0.4, 0.5) is 0 Å². The van der Waals surface area contributed by atoms with E-state index in [1.165, 1.54) is 0 Å². The molecule has 144 valence electrons. The maximum Gasteiger partial charge on any atom is 0.189 e. The minimum Gasteiger partial charge on any atom is -0.394 e. The van der Waals surface area contributed by atoms with E-state index in [2.05, 4.69) is 0 Å². The van der Waals surface area contributed by atoms with Gasteiger partial charge in [-0.25, -0.2) is 0 Å². The van der Waals surface area contributed by atoms with E-state index in [9.17, 15) is 9.59 Å². The van der Waals surface area contributed by atoms with Crippen molar-refractivity contribution in [1.29, 1.82) is 0 Å². The lowest BCUT2D eigenvalue weighted by Crippen LogP contribution is -2.44.